The summed E-state index contributed by atoms with van der Waals surface area (Å²) in [6.07, 6.45) is 1.74. The van der Waals surface area contributed by atoms with Crippen molar-refractivity contribution in [1.29, 1.82) is 0 Å². The molecule has 2 rings (SSSR count). The van der Waals surface area contributed by atoms with E-state index in [9.17, 15) is 18.3 Å². The number of primary sulfonamides is 1. The summed E-state index contributed by atoms with van der Waals surface area (Å²) in [5.41, 5.74) is 0.00534. The summed E-state index contributed by atoms with van der Waals surface area (Å²) in [5, 5.41) is 17.7. The van der Waals surface area contributed by atoms with Gasteiger partial charge in [-0.05, 0) is 24.6 Å². The number of ether oxygens (including phenoxy) is 1. The first kappa shape index (κ1) is 18.8. The van der Waals surface area contributed by atoms with E-state index in [0.29, 0.717) is 12.3 Å². The zero-order valence-corrected chi connectivity index (χ0v) is 14.5. The number of para-hydroxylation sites is 1. The first-order valence-corrected chi connectivity index (χ1v) is 9.28. The molecule has 0 spiro atoms. The van der Waals surface area contributed by atoms with Gasteiger partial charge in [-0.1, -0.05) is 31.5 Å². The van der Waals surface area contributed by atoms with Crippen LogP contribution in [0.4, 0.5) is 5.69 Å². The van der Waals surface area contributed by atoms with E-state index in [1.165, 1.54) is 6.07 Å². The lowest BCUT2D eigenvalue weighted by Gasteiger charge is -2.17. The van der Waals surface area contributed by atoms with Gasteiger partial charge in [0.25, 0.3) is 0 Å². The minimum absolute atomic E-state index is 0.0891. The molecule has 0 aliphatic carbocycles. The fourth-order valence-corrected chi connectivity index (χ4v) is 2.75. The van der Waals surface area contributed by atoms with Gasteiger partial charge in [-0.15, -0.1) is 0 Å². The average molecular weight is 364 g/mol. The monoisotopic (exact) mass is 364 g/mol. The minimum atomic E-state index is -4.09. The summed E-state index contributed by atoms with van der Waals surface area (Å²) < 4.78 is 29.1. The maximum absolute atomic E-state index is 11.7. The van der Waals surface area contributed by atoms with Gasteiger partial charge in [0.2, 0.25) is 10.0 Å². The van der Waals surface area contributed by atoms with Crippen molar-refractivity contribution in [2.24, 2.45) is 5.14 Å². The van der Waals surface area contributed by atoms with E-state index >= 15 is 0 Å². The Balaban J connectivity index is 2.57. The summed E-state index contributed by atoms with van der Waals surface area (Å²) in [6, 6.07) is 10.9. The number of rotatable bonds is 8. The molecule has 0 fully saturated rings. The molecule has 4 N–H and O–H groups in total. The molecule has 8 heteroatoms. The van der Waals surface area contributed by atoms with Gasteiger partial charge < -0.3 is 15.2 Å². The Hall–Kier alpha value is -2.58. The van der Waals surface area contributed by atoms with Gasteiger partial charge in [-0.25, -0.2) is 18.4 Å². The molecule has 0 unspecified atom stereocenters. The molecule has 0 saturated heterocycles. The summed E-state index contributed by atoms with van der Waals surface area (Å²) in [7, 11) is -4.09. The molecular weight excluding hydrogens is 344 g/mol. The fourth-order valence-electron chi connectivity index (χ4n) is 2.19. The third-order valence-corrected chi connectivity index (χ3v) is 4.33. The highest BCUT2D eigenvalue weighted by Gasteiger charge is 2.21. The average Bonchev–Trinajstić information content (AvgIpc) is 2.55. The van der Waals surface area contributed by atoms with Crippen molar-refractivity contribution in [2.45, 2.75) is 24.7 Å². The SMILES string of the molecule is CCCCNc1c(Oc2ccccc2)cc(S(N)(=O)=O)cc1C(=O)O. The van der Waals surface area contributed by atoms with E-state index in [2.05, 4.69) is 5.32 Å². The standard InChI is InChI=1S/C17H20N2O5S/c1-2-3-9-19-16-14(17(20)21)10-13(25(18,22)23)11-15(16)24-12-7-5-4-6-8-12/h4-8,10-11,19H,2-3,9H2,1H3,(H,20,21)(H2,18,22,23). The lowest BCUT2D eigenvalue weighted by Crippen LogP contribution is -2.15. The van der Waals surface area contributed by atoms with Crippen molar-refractivity contribution in [1.82, 2.24) is 0 Å². The number of carboxylic acids is 1. The largest absolute Gasteiger partial charge is 0.478 e. The molecule has 0 heterocycles. The van der Waals surface area contributed by atoms with E-state index in [-0.39, 0.29) is 21.9 Å². The minimum Gasteiger partial charge on any atom is -0.478 e. The molecule has 2 aromatic carbocycles. The zero-order valence-electron chi connectivity index (χ0n) is 13.7. The molecule has 0 radical (unpaired) electrons. The quantitative estimate of drug-likeness (QED) is 0.620. The Labute approximate surface area is 146 Å². The van der Waals surface area contributed by atoms with Crippen LogP contribution < -0.4 is 15.2 Å². The Bertz CT molecular complexity index is 851. The molecule has 0 atom stereocenters. The smallest absolute Gasteiger partial charge is 0.337 e. The maximum atomic E-state index is 11.7. The second-order valence-corrected chi connectivity index (χ2v) is 6.95. The number of sulfonamides is 1. The molecular formula is C17H20N2O5S. The number of nitrogens with one attached hydrogen (secondary N) is 1. The normalized spacial score (nSPS) is 11.1. The van der Waals surface area contributed by atoms with E-state index in [1.807, 2.05) is 6.92 Å². The lowest BCUT2D eigenvalue weighted by molar-refractivity contribution is 0.0697. The van der Waals surface area contributed by atoms with Crippen molar-refractivity contribution in [2.75, 3.05) is 11.9 Å². The molecule has 0 aromatic heterocycles. The predicted octanol–water partition coefficient (Wildman–Crippen LogP) is 3.04. The van der Waals surface area contributed by atoms with Crippen LogP contribution in [0.1, 0.15) is 30.1 Å². The Morgan fingerprint density at radius 1 is 1.24 bits per heavy atom. The molecule has 0 amide bonds. The van der Waals surface area contributed by atoms with E-state index in [1.54, 1.807) is 30.3 Å². The van der Waals surface area contributed by atoms with Crippen molar-refractivity contribution in [3.63, 3.8) is 0 Å². The van der Waals surface area contributed by atoms with Gasteiger partial charge in [0.05, 0.1) is 16.1 Å². The van der Waals surface area contributed by atoms with E-state index in [4.69, 9.17) is 9.88 Å². The molecule has 7 nitrogen and oxygen atoms in total. The summed E-state index contributed by atoms with van der Waals surface area (Å²) >= 11 is 0. The number of carboxylic acid groups (broad SMARTS) is 1. The van der Waals surface area contributed by atoms with Crippen LogP contribution in [0.15, 0.2) is 47.4 Å². The number of aromatic carboxylic acids is 1. The first-order chi connectivity index (χ1) is 11.8. The third kappa shape index (κ3) is 4.94. The van der Waals surface area contributed by atoms with Gasteiger partial charge >= 0.3 is 5.97 Å². The molecule has 25 heavy (non-hydrogen) atoms. The van der Waals surface area contributed by atoms with Gasteiger partial charge in [0.15, 0.2) is 5.75 Å². The summed E-state index contributed by atoms with van der Waals surface area (Å²) in [4.78, 5) is 11.3. The highest BCUT2D eigenvalue weighted by molar-refractivity contribution is 7.89. The predicted molar refractivity (Wildman–Crippen MR) is 94.7 cm³/mol. The number of hydrogen-bond acceptors (Lipinski definition) is 5. The first-order valence-electron chi connectivity index (χ1n) is 7.74. The molecule has 134 valence electrons. The molecule has 0 bridgehead atoms. The number of anilines is 1. The highest BCUT2D eigenvalue weighted by Crippen LogP contribution is 2.35. The number of nitrogens with two attached hydrogens (primary N) is 1. The van der Waals surface area contributed by atoms with Gasteiger partial charge in [0.1, 0.15) is 5.75 Å². The second-order valence-electron chi connectivity index (χ2n) is 5.39. The second kappa shape index (κ2) is 8.00. The summed E-state index contributed by atoms with van der Waals surface area (Å²) in [5.74, 6) is -0.738. The highest BCUT2D eigenvalue weighted by atomic mass is 32.2. The fraction of sp³-hybridized carbons (Fsp3) is 0.235. The van der Waals surface area contributed by atoms with Crippen molar-refractivity contribution in [3.05, 3.63) is 48.0 Å². The Kier molecular flexibility index (Phi) is 6.00. The van der Waals surface area contributed by atoms with Crippen molar-refractivity contribution in [3.8, 4) is 11.5 Å². The summed E-state index contributed by atoms with van der Waals surface area (Å²) in [6.45, 7) is 2.53. The molecule has 2 aromatic rings. The van der Waals surface area contributed by atoms with Crippen LogP contribution in [0, 0.1) is 0 Å². The number of unbranched alkanes of at least 4 members (excludes halogenated alkanes) is 1. The van der Waals surface area contributed by atoms with Crippen LogP contribution in [0.3, 0.4) is 0 Å². The lowest BCUT2D eigenvalue weighted by atomic mass is 10.1. The zero-order chi connectivity index (χ0) is 18.4. The van der Waals surface area contributed by atoms with Crippen LogP contribution >= 0.6 is 0 Å². The maximum Gasteiger partial charge on any atom is 0.337 e. The van der Waals surface area contributed by atoms with Crippen LogP contribution in [0.5, 0.6) is 11.5 Å². The Morgan fingerprint density at radius 3 is 2.48 bits per heavy atom. The van der Waals surface area contributed by atoms with Crippen LogP contribution in [0.2, 0.25) is 0 Å². The topological polar surface area (TPSA) is 119 Å². The van der Waals surface area contributed by atoms with Gasteiger partial charge in [-0.3, -0.25) is 0 Å². The Morgan fingerprint density at radius 2 is 1.92 bits per heavy atom. The van der Waals surface area contributed by atoms with Crippen LogP contribution in [-0.4, -0.2) is 26.0 Å². The number of hydrogen-bond donors (Lipinski definition) is 3. The van der Waals surface area contributed by atoms with Crippen LogP contribution in [-0.2, 0) is 10.0 Å². The van der Waals surface area contributed by atoms with E-state index in [0.717, 1.165) is 18.9 Å². The number of benzene rings is 2. The van der Waals surface area contributed by atoms with Crippen molar-refractivity contribution >= 4 is 21.7 Å². The molecule has 0 aliphatic rings. The van der Waals surface area contributed by atoms with Gasteiger partial charge in [0, 0.05) is 12.6 Å². The third-order valence-electron chi connectivity index (χ3n) is 3.44. The molecule has 0 aliphatic heterocycles. The molecule has 0 saturated carbocycles. The number of carbonyl (C=O) groups is 1. The van der Waals surface area contributed by atoms with E-state index < -0.39 is 16.0 Å². The van der Waals surface area contributed by atoms with Crippen LogP contribution in [0.25, 0.3) is 0 Å². The van der Waals surface area contributed by atoms with Crippen molar-refractivity contribution < 1.29 is 23.1 Å². The van der Waals surface area contributed by atoms with Gasteiger partial charge in [-0.2, -0.15) is 0 Å².